The highest BCUT2D eigenvalue weighted by molar-refractivity contribution is 7.80. The molecule has 1 aliphatic heterocycles. The van der Waals surface area contributed by atoms with Crippen molar-refractivity contribution < 1.29 is 13.2 Å². The molecule has 0 bridgehead atoms. The Hall–Kier alpha value is -0.560. The zero-order chi connectivity index (χ0) is 13.2. The average molecular weight is 269 g/mol. The normalized spacial score (nSPS) is 27.1. The van der Waals surface area contributed by atoms with Gasteiger partial charge < -0.3 is 10.2 Å². The SMILES string of the molecule is CCNC(=S)N1CC(C)N(C)C(C(F)(F)F)C1. The van der Waals surface area contributed by atoms with Gasteiger partial charge in [0.05, 0.1) is 0 Å². The van der Waals surface area contributed by atoms with E-state index in [9.17, 15) is 13.2 Å². The number of likely N-dealkylation sites (N-methyl/N-ethyl adjacent to an activating group) is 1. The molecule has 0 aliphatic carbocycles. The number of thiocarbonyl (C=S) groups is 1. The summed E-state index contributed by atoms with van der Waals surface area (Å²) in [5.74, 6) is 0. The smallest absolute Gasteiger partial charge is 0.363 e. The van der Waals surface area contributed by atoms with Crippen LogP contribution in [0.25, 0.3) is 0 Å². The molecule has 0 saturated carbocycles. The third-order valence-corrected chi connectivity index (χ3v) is 3.46. The van der Waals surface area contributed by atoms with Gasteiger partial charge in [-0.3, -0.25) is 4.90 Å². The van der Waals surface area contributed by atoms with Gasteiger partial charge in [0.15, 0.2) is 5.11 Å². The molecule has 2 atom stereocenters. The van der Waals surface area contributed by atoms with Gasteiger partial charge in [0, 0.05) is 25.7 Å². The van der Waals surface area contributed by atoms with Crippen LogP contribution in [0.15, 0.2) is 0 Å². The summed E-state index contributed by atoms with van der Waals surface area (Å²) in [7, 11) is 1.51. The topological polar surface area (TPSA) is 18.5 Å². The molecule has 2 unspecified atom stereocenters. The number of rotatable bonds is 1. The molecule has 0 radical (unpaired) electrons. The molecule has 1 aliphatic rings. The summed E-state index contributed by atoms with van der Waals surface area (Å²) < 4.78 is 38.6. The van der Waals surface area contributed by atoms with Crippen molar-refractivity contribution >= 4 is 17.3 Å². The van der Waals surface area contributed by atoms with E-state index < -0.39 is 12.2 Å². The van der Waals surface area contributed by atoms with Crippen LogP contribution in [0.1, 0.15) is 13.8 Å². The van der Waals surface area contributed by atoms with E-state index in [1.54, 1.807) is 11.8 Å². The average Bonchev–Trinajstić information content (AvgIpc) is 2.20. The molecule has 0 amide bonds. The Balaban J connectivity index is 2.77. The van der Waals surface area contributed by atoms with E-state index >= 15 is 0 Å². The first-order valence-electron chi connectivity index (χ1n) is 5.58. The molecular formula is C10H18F3N3S. The van der Waals surface area contributed by atoms with Crippen LogP contribution in [-0.4, -0.2) is 59.9 Å². The van der Waals surface area contributed by atoms with Gasteiger partial charge in [0.25, 0.3) is 0 Å². The van der Waals surface area contributed by atoms with Crippen LogP contribution >= 0.6 is 12.2 Å². The minimum atomic E-state index is -4.22. The first kappa shape index (κ1) is 14.5. The molecule has 0 aromatic rings. The van der Waals surface area contributed by atoms with Crippen molar-refractivity contribution in [2.24, 2.45) is 0 Å². The third-order valence-electron chi connectivity index (χ3n) is 3.06. The molecule has 0 spiro atoms. The fraction of sp³-hybridized carbons (Fsp3) is 0.900. The van der Waals surface area contributed by atoms with Crippen molar-refractivity contribution in [1.29, 1.82) is 0 Å². The highest BCUT2D eigenvalue weighted by Gasteiger charge is 2.47. The van der Waals surface area contributed by atoms with E-state index in [1.165, 1.54) is 11.9 Å². The number of nitrogens with zero attached hydrogens (tertiary/aromatic N) is 2. The summed E-state index contributed by atoms with van der Waals surface area (Å²) in [5, 5.41) is 3.30. The summed E-state index contributed by atoms with van der Waals surface area (Å²) in [6.45, 7) is 4.69. The lowest BCUT2D eigenvalue weighted by Gasteiger charge is -2.45. The van der Waals surface area contributed by atoms with Crippen molar-refractivity contribution in [3.05, 3.63) is 0 Å². The molecule has 100 valence electrons. The predicted molar refractivity (Wildman–Crippen MR) is 64.9 cm³/mol. The minimum Gasteiger partial charge on any atom is -0.363 e. The summed E-state index contributed by atoms with van der Waals surface area (Å²) in [6.07, 6.45) is -4.22. The Kier molecular flexibility index (Phi) is 4.60. The maximum absolute atomic E-state index is 12.9. The lowest BCUT2D eigenvalue weighted by molar-refractivity contribution is -0.195. The van der Waals surface area contributed by atoms with Crippen LogP contribution in [0, 0.1) is 0 Å². The molecule has 1 rings (SSSR count). The Morgan fingerprint density at radius 3 is 2.47 bits per heavy atom. The highest BCUT2D eigenvalue weighted by atomic mass is 32.1. The van der Waals surface area contributed by atoms with Crippen LogP contribution in [0.2, 0.25) is 0 Å². The molecule has 1 N–H and O–H groups in total. The van der Waals surface area contributed by atoms with Crippen molar-refractivity contribution in [3.63, 3.8) is 0 Å². The molecule has 0 aromatic carbocycles. The van der Waals surface area contributed by atoms with Gasteiger partial charge in [-0.2, -0.15) is 13.2 Å². The van der Waals surface area contributed by atoms with Crippen LogP contribution in [0.4, 0.5) is 13.2 Å². The number of nitrogens with one attached hydrogen (secondary N) is 1. The van der Waals surface area contributed by atoms with Gasteiger partial charge >= 0.3 is 6.18 Å². The largest absolute Gasteiger partial charge is 0.405 e. The van der Waals surface area contributed by atoms with Gasteiger partial charge in [0.1, 0.15) is 6.04 Å². The number of hydrogen-bond donors (Lipinski definition) is 1. The van der Waals surface area contributed by atoms with Gasteiger partial charge in [0.2, 0.25) is 0 Å². The Labute approximate surface area is 105 Å². The molecule has 1 heterocycles. The highest BCUT2D eigenvalue weighted by Crippen LogP contribution is 2.29. The fourth-order valence-corrected chi connectivity index (χ4v) is 2.22. The van der Waals surface area contributed by atoms with Crippen LogP contribution in [-0.2, 0) is 0 Å². The molecule has 0 aromatic heterocycles. The fourth-order valence-electron chi connectivity index (χ4n) is 1.93. The van der Waals surface area contributed by atoms with Crippen molar-refractivity contribution in [1.82, 2.24) is 15.1 Å². The summed E-state index contributed by atoms with van der Waals surface area (Å²) >= 11 is 5.07. The molecule has 3 nitrogen and oxygen atoms in total. The molecule has 1 fully saturated rings. The third kappa shape index (κ3) is 3.45. The Morgan fingerprint density at radius 1 is 1.41 bits per heavy atom. The van der Waals surface area contributed by atoms with E-state index in [2.05, 4.69) is 5.32 Å². The Bertz CT molecular complexity index is 282. The van der Waals surface area contributed by atoms with E-state index in [4.69, 9.17) is 12.2 Å². The van der Waals surface area contributed by atoms with Crippen LogP contribution < -0.4 is 5.32 Å². The molecule has 17 heavy (non-hydrogen) atoms. The number of halogens is 3. The van der Waals surface area contributed by atoms with E-state index in [0.29, 0.717) is 18.2 Å². The Morgan fingerprint density at radius 2 is 2.00 bits per heavy atom. The molecular weight excluding hydrogens is 251 g/mol. The number of hydrogen-bond acceptors (Lipinski definition) is 2. The maximum atomic E-state index is 12.9. The minimum absolute atomic E-state index is 0.101. The van der Waals surface area contributed by atoms with Gasteiger partial charge in [-0.1, -0.05) is 0 Å². The second kappa shape index (κ2) is 5.39. The molecule has 1 saturated heterocycles. The van der Waals surface area contributed by atoms with E-state index in [1.807, 2.05) is 6.92 Å². The predicted octanol–water partition coefficient (Wildman–Crippen LogP) is 1.45. The maximum Gasteiger partial charge on any atom is 0.405 e. The number of piperazine rings is 1. The quantitative estimate of drug-likeness (QED) is 0.726. The van der Waals surface area contributed by atoms with Crippen LogP contribution in [0.3, 0.4) is 0 Å². The van der Waals surface area contributed by atoms with Crippen molar-refractivity contribution in [3.8, 4) is 0 Å². The van der Waals surface area contributed by atoms with Gasteiger partial charge in [-0.05, 0) is 33.1 Å². The van der Waals surface area contributed by atoms with E-state index in [-0.39, 0.29) is 12.6 Å². The standard InChI is InChI=1S/C10H18F3N3S/c1-4-14-9(17)16-5-7(2)15(3)8(6-16)10(11,12)13/h7-8H,4-6H2,1-3H3,(H,14,17). The van der Waals surface area contributed by atoms with Gasteiger partial charge in [-0.25, -0.2) is 0 Å². The summed E-state index contributed by atoms with van der Waals surface area (Å²) in [5.41, 5.74) is 0. The van der Waals surface area contributed by atoms with Crippen LogP contribution in [0.5, 0.6) is 0 Å². The van der Waals surface area contributed by atoms with Crippen molar-refractivity contribution in [2.75, 3.05) is 26.7 Å². The second-order valence-corrected chi connectivity index (χ2v) is 4.70. The second-order valence-electron chi connectivity index (χ2n) is 4.31. The zero-order valence-electron chi connectivity index (χ0n) is 10.2. The first-order chi connectivity index (χ1) is 7.77. The summed E-state index contributed by atoms with van der Waals surface area (Å²) in [4.78, 5) is 2.96. The monoisotopic (exact) mass is 269 g/mol. The van der Waals surface area contributed by atoms with Crippen molar-refractivity contribution in [2.45, 2.75) is 32.1 Å². The number of alkyl halides is 3. The van der Waals surface area contributed by atoms with Gasteiger partial charge in [-0.15, -0.1) is 0 Å². The first-order valence-corrected chi connectivity index (χ1v) is 5.99. The zero-order valence-corrected chi connectivity index (χ0v) is 11.0. The lowest BCUT2D eigenvalue weighted by Crippen LogP contribution is -2.63. The lowest BCUT2D eigenvalue weighted by atomic mass is 10.1. The molecule has 7 heteroatoms. The van der Waals surface area contributed by atoms with E-state index in [0.717, 1.165) is 0 Å². The summed E-state index contributed by atoms with van der Waals surface area (Å²) in [6, 6.07) is -1.63.